The molecule has 1 N–H and O–H groups in total. The number of hydrogen-bond acceptors (Lipinski definition) is 4. The van der Waals surface area contributed by atoms with Crippen molar-refractivity contribution in [3.63, 3.8) is 0 Å². The van der Waals surface area contributed by atoms with E-state index in [0.717, 1.165) is 12.1 Å². The molecule has 0 aromatic heterocycles. The fourth-order valence-corrected chi connectivity index (χ4v) is 1.55. The lowest BCUT2D eigenvalue weighted by atomic mass is 9.97. The first-order valence-corrected chi connectivity index (χ1v) is 5.85. The molecule has 0 fully saturated rings. The molecule has 1 aromatic rings. The lowest BCUT2D eigenvalue weighted by Gasteiger charge is -2.18. The number of non-ortho nitro benzene ring substituents is 1. The Hall–Kier alpha value is -1.62. The summed E-state index contributed by atoms with van der Waals surface area (Å²) in [5.74, 6) is 0.511. The lowest BCUT2D eigenvalue weighted by Crippen LogP contribution is -2.26. The molecule has 1 rings (SSSR count). The van der Waals surface area contributed by atoms with Crippen LogP contribution >= 0.6 is 0 Å². The van der Waals surface area contributed by atoms with Crippen molar-refractivity contribution in [2.75, 3.05) is 13.7 Å². The van der Waals surface area contributed by atoms with Crippen LogP contribution in [0.15, 0.2) is 18.2 Å². The second-order valence-corrected chi connectivity index (χ2v) is 5.46. The zero-order chi connectivity index (χ0) is 13.8. The van der Waals surface area contributed by atoms with Gasteiger partial charge in [0.05, 0.1) is 18.1 Å². The highest BCUT2D eigenvalue weighted by Gasteiger charge is 2.12. The van der Waals surface area contributed by atoms with Crippen LogP contribution in [-0.4, -0.2) is 18.6 Å². The first-order chi connectivity index (χ1) is 8.31. The van der Waals surface area contributed by atoms with Gasteiger partial charge in [0.1, 0.15) is 5.75 Å². The summed E-state index contributed by atoms with van der Waals surface area (Å²) in [5, 5.41) is 14.1. The van der Waals surface area contributed by atoms with Crippen LogP contribution in [0.4, 0.5) is 5.69 Å². The van der Waals surface area contributed by atoms with E-state index in [1.54, 1.807) is 6.07 Å². The Labute approximate surface area is 107 Å². The highest BCUT2D eigenvalue weighted by Crippen LogP contribution is 2.22. The highest BCUT2D eigenvalue weighted by atomic mass is 16.6. The number of hydrogen-bond donors (Lipinski definition) is 1. The average molecular weight is 252 g/mol. The summed E-state index contributed by atoms with van der Waals surface area (Å²) < 4.78 is 5.06. The van der Waals surface area contributed by atoms with Gasteiger partial charge in [0.15, 0.2) is 0 Å². The summed E-state index contributed by atoms with van der Waals surface area (Å²) in [6.07, 6.45) is 0. The lowest BCUT2D eigenvalue weighted by molar-refractivity contribution is -0.385. The van der Waals surface area contributed by atoms with Crippen molar-refractivity contribution in [3.8, 4) is 5.75 Å². The molecule has 5 heteroatoms. The Balaban J connectivity index is 2.76. The van der Waals surface area contributed by atoms with Crippen LogP contribution in [0.25, 0.3) is 0 Å². The molecule has 0 atom stereocenters. The molecule has 5 nitrogen and oxygen atoms in total. The average Bonchev–Trinajstić information content (AvgIpc) is 2.26. The second-order valence-electron chi connectivity index (χ2n) is 5.46. The Kier molecular flexibility index (Phi) is 4.67. The van der Waals surface area contributed by atoms with Crippen LogP contribution in [-0.2, 0) is 6.54 Å². The van der Waals surface area contributed by atoms with Crippen LogP contribution in [0.2, 0.25) is 0 Å². The van der Waals surface area contributed by atoms with Gasteiger partial charge in [0.2, 0.25) is 0 Å². The number of nitrogens with one attached hydrogen (secondary N) is 1. The van der Waals surface area contributed by atoms with Gasteiger partial charge in [-0.05, 0) is 17.0 Å². The molecule has 0 radical (unpaired) electrons. The van der Waals surface area contributed by atoms with E-state index in [1.807, 2.05) is 6.07 Å². The third-order valence-electron chi connectivity index (χ3n) is 2.38. The maximum atomic E-state index is 10.8. The van der Waals surface area contributed by atoms with E-state index >= 15 is 0 Å². The van der Waals surface area contributed by atoms with Gasteiger partial charge in [-0.25, -0.2) is 0 Å². The van der Waals surface area contributed by atoms with Crippen LogP contribution < -0.4 is 10.1 Å². The van der Waals surface area contributed by atoms with E-state index in [9.17, 15) is 10.1 Å². The number of nitrogens with zero attached hydrogens (tertiary/aromatic N) is 1. The molecule has 0 amide bonds. The van der Waals surface area contributed by atoms with Gasteiger partial charge in [-0.3, -0.25) is 10.1 Å². The monoisotopic (exact) mass is 252 g/mol. The first kappa shape index (κ1) is 14.4. The van der Waals surface area contributed by atoms with Gasteiger partial charge in [0, 0.05) is 19.2 Å². The number of nitro benzene ring substituents is 1. The van der Waals surface area contributed by atoms with Crippen LogP contribution in [0.5, 0.6) is 5.75 Å². The SMILES string of the molecule is COc1cc(CNCC(C)(C)C)cc([N+](=O)[O-])c1. The van der Waals surface area contributed by atoms with E-state index < -0.39 is 4.92 Å². The minimum Gasteiger partial charge on any atom is -0.496 e. The van der Waals surface area contributed by atoms with Crippen LogP contribution in [0.1, 0.15) is 26.3 Å². The maximum Gasteiger partial charge on any atom is 0.273 e. The van der Waals surface area contributed by atoms with E-state index in [4.69, 9.17) is 4.74 Å². The van der Waals surface area contributed by atoms with Gasteiger partial charge >= 0.3 is 0 Å². The number of ether oxygens (including phenoxy) is 1. The van der Waals surface area contributed by atoms with Gasteiger partial charge in [-0.1, -0.05) is 20.8 Å². The molecule has 0 bridgehead atoms. The van der Waals surface area contributed by atoms with Crippen molar-refractivity contribution >= 4 is 5.69 Å². The maximum absolute atomic E-state index is 10.8. The minimum absolute atomic E-state index is 0.0573. The molecule has 18 heavy (non-hydrogen) atoms. The molecule has 0 spiro atoms. The molecule has 1 aromatic carbocycles. The summed E-state index contributed by atoms with van der Waals surface area (Å²) in [5.41, 5.74) is 1.09. The van der Waals surface area contributed by atoms with Gasteiger partial charge in [0.25, 0.3) is 5.69 Å². The zero-order valence-corrected chi connectivity index (χ0v) is 11.3. The Bertz CT molecular complexity index is 425. The predicted octanol–water partition coefficient (Wildman–Crippen LogP) is 2.74. The zero-order valence-electron chi connectivity index (χ0n) is 11.3. The van der Waals surface area contributed by atoms with Crippen molar-refractivity contribution in [2.24, 2.45) is 5.41 Å². The van der Waals surface area contributed by atoms with Crippen molar-refractivity contribution in [2.45, 2.75) is 27.3 Å². The number of rotatable bonds is 5. The van der Waals surface area contributed by atoms with E-state index in [1.165, 1.54) is 13.2 Å². The van der Waals surface area contributed by atoms with Crippen molar-refractivity contribution < 1.29 is 9.66 Å². The third kappa shape index (κ3) is 4.71. The Morgan fingerprint density at radius 3 is 2.50 bits per heavy atom. The summed E-state index contributed by atoms with van der Waals surface area (Å²) in [6.45, 7) is 7.84. The van der Waals surface area contributed by atoms with Crippen LogP contribution in [0.3, 0.4) is 0 Å². The van der Waals surface area contributed by atoms with Gasteiger partial charge in [-0.2, -0.15) is 0 Å². The molecule has 0 unspecified atom stereocenters. The highest BCUT2D eigenvalue weighted by molar-refractivity contribution is 5.42. The summed E-state index contributed by atoms with van der Waals surface area (Å²) in [6, 6.07) is 4.80. The number of nitro groups is 1. The summed E-state index contributed by atoms with van der Waals surface area (Å²) >= 11 is 0. The first-order valence-electron chi connectivity index (χ1n) is 5.85. The predicted molar refractivity (Wildman–Crippen MR) is 70.8 cm³/mol. The molecule has 0 heterocycles. The fourth-order valence-electron chi connectivity index (χ4n) is 1.55. The fraction of sp³-hybridized carbons (Fsp3) is 0.538. The van der Waals surface area contributed by atoms with Gasteiger partial charge < -0.3 is 10.1 Å². The standard InChI is InChI=1S/C13H20N2O3/c1-13(2,3)9-14-8-10-5-11(15(16)17)7-12(6-10)18-4/h5-7,14H,8-9H2,1-4H3. The largest absolute Gasteiger partial charge is 0.496 e. The number of methoxy groups -OCH3 is 1. The van der Waals surface area contributed by atoms with Crippen molar-refractivity contribution in [1.29, 1.82) is 0 Å². The molecule has 100 valence electrons. The molecule has 0 aliphatic heterocycles. The topological polar surface area (TPSA) is 64.4 Å². The minimum atomic E-state index is -0.407. The third-order valence-corrected chi connectivity index (χ3v) is 2.38. The van der Waals surface area contributed by atoms with E-state index in [-0.39, 0.29) is 11.1 Å². The van der Waals surface area contributed by atoms with Crippen molar-refractivity contribution in [3.05, 3.63) is 33.9 Å². The number of benzene rings is 1. The van der Waals surface area contributed by atoms with Crippen molar-refractivity contribution in [1.82, 2.24) is 5.32 Å². The Morgan fingerprint density at radius 2 is 2.00 bits per heavy atom. The molecule has 0 aliphatic carbocycles. The smallest absolute Gasteiger partial charge is 0.273 e. The molecule has 0 saturated heterocycles. The van der Waals surface area contributed by atoms with Crippen LogP contribution in [0, 0.1) is 15.5 Å². The Morgan fingerprint density at radius 1 is 1.33 bits per heavy atom. The summed E-state index contributed by atoms with van der Waals surface area (Å²) in [4.78, 5) is 10.4. The molecule has 0 aliphatic rings. The summed E-state index contributed by atoms with van der Waals surface area (Å²) in [7, 11) is 1.51. The van der Waals surface area contributed by atoms with E-state index in [2.05, 4.69) is 26.1 Å². The molecular formula is C13H20N2O3. The molecule has 0 saturated carbocycles. The second kappa shape index (κ2) is 5.82. The normalized spacial score (nSPS) is 11.3. The van der Waals surface area contributed by atoms with E-state index in [0.29, 0.717) is 12.3 Å². The molecular weight excluding hydrogens is 232 g/mol. The quantitative estimate of drug-likeness (QED) is 0.646. The van der Waals surface area contributed by atoms with Gasteiger partial charge in [-0.15, -0.1) is 0 Å².